The van der Waals surface area contributed by atoms with Crippen LogP contribution in [-0.2, 0) is 0 Å². The predicted molar refractivity (Wildman–Crippen MR) is 84.7 cm³/mol. The van der Waals surface area contributed by atoms with Crippen molar-refractivity contribution in [2.75, 3.05) is 11.5 Å². The largest absolute Gasteiger partial charge is 0.295 e. The number of benzene rings is 1. The molecule has 0 saturated carbocycles. The van der Waals surface area contributed by atoms with Crippen LogP contribution in [0.4, 0.5) is 0 Å². The summed E-state index contributed by atoms with van der Waals surface area (Å²) in [4.78, 5) is 11.3. The van der Waals surface area contributed by atoms with E-state index in [0.717, 1.165) is 5.56 Å². The standard InChI is InChI=1S/C15H22OS2/c1-4-10-17-15(18-11-5-2)14-8-6-13(7-9-14)12(3)16/h6-9,15H,4-5,10-11H2,1-3H3. The molecular weight excluding hydrogens is 260 g/mol. The average molecular weight is 282 g/mol. The molecule has 1 aromatic carbocycles. The van der Waals surface area contributed by atoms with E-state index < -0.39 is 0 Å². The number of hydrogen-bond acceptors (Lipinski definition) is 3. The second-order valence-electron chi connectivity index (χ2n) is 4.25. The van der Waals surface area contributed by atoms with Gasteiger partial charge in [0.05, 0.1) is 4.58 Å². The Bertz CT molecular complexity index is 351. The molecule has 1 nitrogen and oxygen atoms in total. The summed E-state index contributed by atoms with van der Waals surface area (Å²) in [6.45, 7) is 6.05. The normalized spacial score (nSPS) is 10.9. The molecule has 0 aliphatic rings. The smallest absolute Gasteiger partial charge is 0.159 e. The predicted octanol–water partition coefficient (Wildman–Crippen LogP) is 5.17. The van der Waals surface area contributed by atoms with Gasteiger partial charge >= 0.3 is 0 Å². The molecular formula is C15H22OS2. The van der Waals surface area contributed by atoms with Crippen LogP contribution in [0.15, 0.2) is 24.3 Å². The summed E-state index contributed by atoms with van der Waals surface area (Å²) in [5, 5.41) is 0. The molecule has 0 N–H and O–H groups in total. The topological polar surface area (TPSA) is 17.1 Å². The first kappa shape index (κ1) is 15.6. The fourth-order valence-corrected chi connectivity index (χ4v) is 4.13. The first-order valence-electron chi connectivity index (χ1n) is 6.53. The highest BCUT2D eigenvalue weighted by atomic mass is 32.2. The van der Waals surface area contributed by atoms with E-state index >= 15 is 0 Å². The van der Waals surface area contributed by atoms with Gasteiger partial charge < -0.3 is 0 Å². The molecule has 0 spiro atoms. The lowest BCUT2D eigenvalue weighted by Crippen LogP contribution is -1.96. The molecule has 100 valence electrons. The number of rotatable bonds is 8. The van der Waals surface area contributed by atoms with Crippen LogP contribution in [0.3, 0.4) is 0 Å². The average Bonchev–Trinajstić information content (AvgIpc) is 2.39. The Hall–Kier alpha value is -0.410. The second kappa shape index (κ2) is 8.65. The Balaban J connectivity index is 2.73. The molecule has 0 saturated heterocycles. The fourth-order valence-electron chi connectivity index (χ4n) is 1.57. The lowest BCUT2D eigenvalue weighted by Gasteiger charge is -2.16. The van der Waals surface area contributed by atoms with E-state index in [1.54, 1.807) is 6.92 Å². The number of hydrogen-bond donors (Lipinski definition) is 0. The van der Waals surface area contributed by atoms with Crippen LogP contribution in [-0.4, -0.2) is 17.3 Å². The number of Topliss-reactive ketones (excluding diaryl/α,β-unsaturated/α-hetero) is 1. The van der Waals surface area contributed by atoms with Crippen molar-refractivity contribution >= 4 is 29.3 Å². The highest BCUT2D eigenvalue weighted by Crippen LogP contribution is 2.40. The molecule has 0 bridgehead atoms. The summed E-state index contributed by atoms with van der Waals surface area (Å²) < 4.78 is 0.505. The van der Waals surface area contributed by atoms with Gasteiger partial charge in [-0.3, -0.25) is 4.79 Å². The first-order valence-corrected chi connectivity index (χ1v) is 8.62. The summed E-state index contributed by atoms with van der Waals surface area (Å²) >= 11 is 4.01. The van der Waals surface area contributed by atoms with Crippen molar-refractivity contribution in [3.63, 3.8) is 0 Å². The van der Waals surface area contributed by atoms with Crippen molar-refractivity contribution in [2.24, 2.45) is 0 Å². The lowest BCUT2D eigenvalue weighted by atomic mass is 10.1. The molecule has 1 aromatic rings. The molecule has 0 heterocycles. The van der Waals surface area contributed by atoms with Gasteiger partial charge in [0.25, 0.3) is 0 Å². The monoisotopic (exact) mass is 282 g/mol. The van der Waals surface area contributed by atoms with Gasteiger partial charge in [0.2, 0.25) is 0 Å². The Labute approximate surface area is 119 Å². The summed E-state index contributed by atoms with van der Waals surface area (Å²) in [6, 6.07) is 8.10. The van der Waals surface area contributed by atoms with Crippen LogP contribution in [0.5, 0.6) is 0 Å². The van der Waals surface area contributed by atoms with Crippen molar-refractivity contribution in [1.29, 1.82) is 0 Å². The number of carbonyl (C=O) groups excluding carboxylic acids is 1. The van der Waals surface area contributed by atoms with E-state index in [-0.39, 0.29) is 5.78 Å². The van der Waals surface area contributed by atoms with E-state index in [4.69, 9.17) is 0 Å². The molecule has 0 aliphatic heterocycles. The number of thioether (sulfide) groups is 2. The van der Waals surface area contributed by atoms with Crippen LogP contribution in [0.25, 0.3) is 0 Å². The van der Waals surface area contributed by atoms with Gasteiger partial charge in [-0.15, -0.1) is 23.5 Å². The maximum Gasteiger partial charge on any atom is 0.159 e. The Morgan fingerprint density at radius 3 is 1.94 bits per heavy atom. The molecule has 0 amide bonds. The third-order valence-corrected chi connectivity index (χ3v) is 5.79. The van der Waals surface area contributed by atoms with E-state index in [0.29, 0.717) is 4.58 Å². The van der Waals surface area contributed by atoms with Crippen LogP contribution < -0.4 is 0 Å². The zero-order valence-electron chi connectivity index (χ0n) is 11.4. The molecule has 1 rings (SSSR count). The van der Waals surface area contributed by atoms with Crippen LogP contribution >= 0.6 is 23.5 Å². The molecule has 18 heavy (non-hydrogen) atoms. The van der Waals surface area contributed by atoms with Gasteiger partial charge in [0.1, 0.15) is 0 Å². The Kier molecular flexibility index (Phi) is 7.52. The molecule has 0 atom stereocenters. The van der Waals surface area contributed by atoms with E-state index in [1.807, 2.05) is 35.7 Å². The molecule has 0 aliphatic carbocycles. The van der Waals surface area contributed by atoms with E-state index in [1.165, 1.54) is 29.9 Å². The summed E-state index contributed by atoms with van der Waals surface area (Å²) in [7, 11) is 0. The fraction of sp³-hybridized carbons (Fsp3) is 0.533. The van der Waals surface area contributed by atoms with Gasteiger partial charge in [-0.05, 0) is 36.8 Å². The summed E-state index contributed by atoms with van der Waals surface area (Å²) in [6.07, 6.45) is 2.42. The number of carbonyl (C=O) groups is 1. The zero-order chi connectivity index (χ0) is 13.4. The van der Waals surface area contributed by atoms with Crippen molar-refractivity contribution in [2.45, 2.75) is 38.2 Å². The van der Waals surface area contributed by atoms with Crippen molar-refractivity contribution in [3.05, 3.63) is 35.4 Å². The molecule has 0 radical (unpaired) electrons. The zero-order valence-corrected chi connectivity index (χ0v) is 13.1. The van der Waals surface area contributed by atoms with Crippen molar-refractivity contribution in [3.8, 4) is 0 Å². The van der Waals surface area contributed by atoms with Gasteiger partial charge in [-0.2, -0.15) is 0 Å². The lowest BCUT2D eigenvalue weighted by molar-refractivity contribution is 0.101. The minimum absolute atomic E-state index is 0.139. The maximum absolute atomic E-state index is 11.3. The third-order valence-electron chi connectivity index (χ3n) is 2.54. The number of ketones is 1. The van der Waals surface area contributed by atoms with Crippen molar-refractivity contribution in [1.82, 2.24) is 0 Å². The maximum atomic E-state index is 11.3. The summed E-state index contributed by atoms with van der Waals surface area (Å²) in [5.74, 6) is 2.52. The molecule has 3 heteroatoms. The third kappa shape index (κ3) is 5.07. The van der Waals surface area contributed by atoms with Gasteiger partial charge in [0.15, 0.2) is 5.78 Å². The van der Waals surface area contributed by atoms with Crippen LogP contribution in [0, 0.1) is 0 Å². The molecule has 0 aromatic heterocycles. The second-order valence-corrected chi connectivity index (χ2v) is 6.98. The van der Waals surface area contributed by atoms with Crippen LogP contribution in [0.2, 0.25) is 0 Å². The quantitative estimate of drug-likeness (QED) is 0.483. The molecule has 0 unspecified atom stereocenters. The minimum Gasteiger partial charge on any atom is -0.295 e. The van der Waals surface area contributed by atoms with Gasteiger partial charge in [0, 0.05) is 5.56 Å². The van der Waals surface area contributed by atoms with Gasteiger partial charge in [-0.1, -0.05) is 38.1 Å². The van der Waals surface area contributed by atoms with E-state index in [2.05, 4.69) is 26.0 Å². The SMILES string of the molecule is CCCSC(SCCC)c1ccc(C(C)=O)cc1. The Morgan fingerprint density at radius 2 is 1.56 bits per heavy atom. The van der Waals surface area contributed by atoms with Gasteiger partial charge in [-0.25, -0.2) is 0 Å². The van der Waals surface area contributed by atoms with E-state index in [9.17, 15) is 4.79 Å². The minimum atomic E-state index is 0.139. The highest BCUT2D eigenvalue weighted by molar-refractivity contribution is 8.16. The Morgan fingerprint density at radius 1 is 1.06 bits per heavy atom. The van der Waals surface area contributed by atoms with Crippen LogP contribution in [0.1, 0.15) is 54.1 Å². The highest BCUT2D eigenvalue weighted by Gasteiger charge is 2.12. The van der Waals surface area contributed by atoms with Crippen molar-refractivity contribution < 1.29 is 4.79 Å². The molecule has 0 fully saturated rings. The summed E-state index contributed by atoms with van der Waals surface area (Å²) in [5.41, 5.74) is 2.13. The first-order chi connectivity index (χ1) is 8.69.